The lowest BCUT2D eigenvalue weighted by molar-refractivity contribution is -0.387. The van der Waals surface area contributed by atoms with E-state index in [1.807, 2.05) is 0 Å². The Morgan fingerprint density at radius 2 is 2.00 bits per heavy atom. The fraction of sp³-hybridized carbons (Fsp3) is 0. The number of pyridine rings is 1. The lowest BCUT2D eigenvalue weighted by Crippen LogP contribution is -2.12. The van der Waals surface area contributed by atoms with Gasteiger partial charge in [-0.1, -0.05) is 0 Å². The highest BCUT2D eigenvalue weighted by atomic mass is 19.1. The van der Waals surface area contributed by atoms with Gasteiger partial charge in [0.15, 0.2) is 0 Å². The number of anilines is 1. The maximum Gasteiger partial charge on any atom is 0.304 e. The Bertz CT molecular complexity index is 674. The van der Waals surface area contributed by atoms with Gasteiger partial charge in [0.05, 0.1) is 10.5 Å². The van der Waals surface area contributed by atoms with Gasteiger partial charge in [-0.15, -0.1) is 0 Å². The molecule has 102 valence electrons. The van der Waals surface area contributed by atoms with Gasteiger partial charge in [0.25, 0.3) is 5.91 Å². The number of benzene rings is 1. The van der Waals surface area contributed by atoms with Gasteiger partial charge in [-0.3, -0.25) is 14.9 Å². The molecule has 0 fully saturated rings. The lowest BCUT2D eigenvalue weighted by Gasteiger charge is -2.05. The Hall–Kier alpha value is -2.90. The van der Waals surface area contributed by atoms with Crippen molar-refractivity contribution in [3.63, 3.8) is 0 Å². The minimum atomic E-state index is -1.06. The molecule has 2 aromatic rings. The molecular formula is C12H7F2N3O3. The largest absolute Gasteiger partial charge is 0.322 e. The first-order valence-electron chi connectivity index (χ1n) is 5.34. The number of halogens is 2. The predicted molar refractivity (Wildman–Crippen MR) is 65.2 cm³/mol. The predicted octanol–water partition coefficient (Wildman–Crippen LogP) is 2.52. The molecule has 0 saturated carbocycles. The summed E-state index contributed by atoms with van der Waals surface area (Å²) in [5.74, 6) is -2.43. The van der Waals surface area contributed by atoms with Crippen molar-refractivity contribution in [2.24, 2.45) is 0 Å². The average Bonchev–Trinajstić information content (AvgIpc) is 2.39. The van der Waals surface area contributed by atoms with Crippen LogP contribution in [-0.4, -0.2) is 15.8 Å². The van der Waals surface area contributed by atoms with Crippen molar-refractivity contribution < 1.29 is 18.5 Å². The van der Waals surface area contributed by atoms with Crippen molar-refractivity contribution in [3.05, 3.63) is 64.0 Å². The van der Waals surface area contributed by atoms with Crippen molar-refractivity contribution in [2.75, 3.05) is 5.32 Å². The van der Waals surface area contributed by atoms with E-state index >= 15 is 0 Å². The second-order valence-corrected chi connectivity index (χ2v) is 3.75. The minimum absolute atomic E-state index is 0.0439. The highest BCUT2D eigenvalue weighted by molar-refractivity contribution is 6.04. The fourth-order valence-electron chi connectivity index (χ4n) is 1.45. The Morgan fingerprint density at radius 3 is 2.55 bits per heavy atom. The van der Waals surface area contributed by atoms with Crippen LogP contribution in [0, 0.1) is 21.9 Å². The highest BCUT2D eigenvalue weighted by Gasteiger charge is 2.15. The monoisotopic (exact) mass is 279 g/mol. The van der Waals surface area contributed by atoms with Crippen molar-refractivity contribution in [1.82, 2.24) is 4.98 Å². The highest BCUT2D eigenvalue weighted by Crippen LogP contribution is 2.21. The third-order valence-corrected chi connectivity index (χ3v) is 2.39. The quantitative estimate of drug-likeness (QED) is 0.531. The molecule has 0 saturated heterocycles. The first kappa shape index (κ1) is 13.5. The van der Waals surface area contributed by atoms with Gasteiger partial charge in [-0.25, -0.2) is 4.98 Å². The zero-order valence-corrected chi connectivity index (χ0v) is 9.84. The summed E-state index contributed by atoms with van der Waals surface area (Å²) in [5.41, 5.74) is -0.570. The van der Waals surface area contributed by atoms with Crippen LogP contribution in [0.5, 0.6) is 0 Å². The van der Waals surface area contributed by atoms with Gasteiger partial charge >= 0.3 is 5.69 Å². The van der Waals surface area contributed by atoms with E-state index in [9.17, 15) is 23.7 Å². The molecule has 20 heavy (non-hydrogen) atoms. The number of aromatic nitrogens is 1. The molecule has 0 unspecified atom stereocenters. The Kier molecular flexibility index (Phi) is 3.65. The number of nitro benzene ring substituents is 1. The van der Waals surface area contributed by atoms with Crippen LogP contribution in [0.25, 0.3) is 0 Å². The van der Waals surface area contributed by atoms with Gasteiger partial charge < -0.3 is 5.32 Å². The first-order valence-corrected chi connectivity index (χ1v) is 5.34. The van der Waals surface area contributed by atoms with Crippen LogP contribution in [0.15, 0.2) is 36.5 Å². The molecule has 1 aromatic carbocycles. The summed E-state index contributed by atoms with van der Waals surface area (Å²) < 4.78 is 25.9. The molecule has 0 aliphatic rings. The lowest BCUT2D eigenvalue weighted by atomic mass is 10.2. The van der Waals surface area contributed by atoms with Crippen LogP contribution in [-0.2, 0) is 0 Å². The maximum absolute atomic E-state index is 13.4. The normalized spacial score (nSPS) is 10.1. The summed E-state index contributed by atoms with van der Waals surface area (Å²) in [7, 11) is 0. The molecular weight excluding hydrogens is 272 g/mol. The molecule has 1 N–H and O–H groups in total. The van der Waals surface area contributed by atoms with Crippen molar-refractivity contribution in [2.45, 2.75) is 0 Å². The maximum atomic E-state index is 13.4. The van der Waals surface area contributed by atoms with Gasteiger partial charge in [0, 0.05) is 24.0 Å². The summed E-state index contributed by atoms with van der Waals surface area (Å²) in [6.07, 6.45) is 1.02. The average molecular weight is 279 g/mol. The molecule has 1 amide bonds. The number of nitro groups is 1. The minimum Gasteiger partial charge on any atom is -0.322 e. The summed E-state index contributed by atoms with van der Waals surface area (Å²) in [6.45, 7) is 0. The van der Waals surface area contributed by atoms with Crippen molar-refractivity contribution in [3.8, 4) is 0 Å². The van der Waals surface area contributed by atoms with E-state index in [0.29, 0.717) is 0 Å². The Labute approximate surface area is 111 Å². The molecule has 1 aromatic heterocycles. The second kappa shape index (κ2) is 5.39. The summed E-state index contributed by atoms with van der Waals surface area (Å²) in [6, 6.07) is 5.17. The molecule has 0 atom stereocenters. The summed E-state index contributed by atoms with van der Waals surface area (Å²) in [5, 5.41) is 12.8. The van der Waals surface area contributed by atoms with Crippen LogP contribution in [0.3, 0.4) is 0 Å². The standard InChI is InChI=1S/C12H7F2N3O3/c13-9-5-8(2-3-10(9)17(19)20)16-12(18)7-1-4-11(14)15-6-7/h1-6H,(H,16,18). The topological polar surface area (TPSA) is 85.1 Å². The SMILES string of the molecule is O=C(Nc1ccc([N+](=O)[O-])c(F)c1)c1ccc(F)nc1. The molecule has 2 rings (SSSR count). The third kappa shape index (κ3) is 2.91. The molecule has 0 aliphatic heterocycles. The number of carbonyl (C=O) groups excluding carboxylic acids is 1. The van der Waals surface area contributed by atoms with E-state index in [1.165, 1.54) is 12.1 Å². The van der Waals surface area contributed by atoms with E-state index in [-0.39, 0.29) is 11.3 Å². The molecule has 0 aliphatic carbocycles. The van der Waals surface area contributed by atoms with Crippen LogP contribution < -0.4 is 5.32 Å². The molecule has 8 heteroatoms. The number of nitrogens with one attached hydrogen (secondary N) is 1. The number of hydrogen-bond acceptors (Lipinski definition) is 4. The van der Waals surface area contributed by atoms with Crippen LogP contribution in [0.4, 0.5) is 20.2 Å². The van der Waals surface area contributed by atoms with Crippen LogP contribution in [0.2, 0.25) is 0 Å². The van der Waals surface area contributed by atoms with E-state index in [4.69, 9.17) is 0 Å². The molecule has 0 radical (unpaired) electrons. The summed E-state index contributed by atoms with van der Waals surface area (Å²) >= 11 is 0. The molecule has 6 nitrogen and oxygen atoms in total. The number of carbonyl (C=O) groups is 1. The third-order valence-electron chi connectivity index (χ3n) is 2.39. The second-order valence-electron chi connectivity index (χ2n) is 3.75. The van der Waals surface area contributed by atoms with Crippen LogP contribution >= 0.6 is 0 Å². The Balaban J connectivity index is 2.18. The van der Waals surface area contributed by atoms with Crippen molar-refractivity contribution in [1.29, 1.82) is 0 Å². The van der Waals surface area contributed by atoms with Gasteiger partial charge in [0.1, 0.15) is 0 Å². The fourth-order valence-corrected chi connectivity index (χ4v) is 1.45. The number of nitrogens with zero attached hydrogens (tertiary/aromatic N) is 2. The van der Waals surface area contributed by atoms with E-state index in [1.54, 1.807) is 0 Å². The zero-order valence-electron chi connectivity index (χ0n) is 9.84. The number of rotatable bonds is 3. The number of hydrogen-bond donors (Lipinski definition) is 1. The van der Waals surface area contributed by atoms with Crippen molar-refractivity contribution >= 4 is 17.3 Å². The molecule has 0 spiro atoms. The molecule has 0 bridgehead atoms. The van der Waals surface area contributed by atoms with Gasteiger partial charge in [0.2, 0.25) is 11.8 Å². The molecule has 1 heterocycles. The number of amides is 1. The van der Waals surface area contributed by atoms with Gasteiger partial charge in [-0.2, -0.15) is 8.78 Å². The smallest absolute Gasteiger partial charge is 0.304 e. The van der Waals surface area contributed by atoms with Gasteiger partial charge in [-0.05, 0) is 18.2 Å². The van der Waals surface area contributed by atoms with E-state index in [0.717, 1.165) is 24.4 Å². The van der Waals surface area contributed by atoms with E-state index in [2.05, 4.69) is 10.3 Å². The zero-order chi connectivity index (χ0) is 14.7. The first-order chi connectivity index (χ1) is 9.47. The summed E-state index contributed by atoms with van der Waals surface area (Å²) in [4.78, 5) is 24.6. The van der Waals surface area contributed by atoms with E-state index < -0.39 is 28.3 Å². The Morgan fingerprint density at radius 1 is 1.25 bits per heavy atom. The van der Waals surface area contributed by atoms with Crippen LogP contribution in [0.1, 0.15) is 10.4 Å².